The van der Waals surface area contributed by atoms with Gasteiger partial charge in [-0.05, 0) is 25.7 Å². The van der Waals surface area contributed by atoms with Gasteiger partial charge in [0.25, 0.3) is 0 Å². The third-order valence-corrected chi connectivity index (χ3v) is 6.31. The van der Waals surface area contributed by atoms with Crippen LogP contribution >= 0.6 is 0 Å². The average molecular weight is 312 g/mol. The van der Waals surface area contributed by atoms with Crippen molar-refractivity contribution in [2.24, 2.45) is 5.41 Å². The molecule has 1 spiro atoms. The Hall–Kier alpha value is -1.24. The summed E-state index contributed by atoms with van der Waals surface area (Å²) in [6.45, 7) is 0. The van der Waals surface area contributed by atoms with E-state index in [1.807, 2.05) is 0 Å². The second-order valence-electron chi connectivity index (χ2n) is 6.16. The van der Waals surface area contributed by atoms with Crippen molar-refractivity contribution in [1.29, 1.82) is 0 Å². The molecule has 2 saturated heterocycles. The number of hydrogen-bond donors (Lipinski definition) is 1. The molecule has 3 rings (SSSR count). The van der Waals surface area contributed by atoms with Crippen LogP contribution in [-0.4, -0.2) is 44.5 Å². The van der Waals surface area contributed by atoms with Gasteiger partial charge in [-0.2, -0.15) is 0 Å². The summed E-state index contributed by atoms with van der Waals surface area (Å²) < 4.78 is 11.5. The van der Waals surface area contributed by atoms with Gasteiger partial charge in [0.1, 0.15) is 5.41 Å². The first-order chi connectivity index (χ1) is 10.0. The standard InChI is InChI=1S/C14H20N2O4S/c17-11-14(6-2-1-3-7-14)12(18)16(13(19)15-11)10-4-8-21(20)9-5-10/h10H,1-9H2,(H,15,17,19). The van der Waals surface area contributed by atoms with Crippen LogP contribution in [-0.2, 0) is 20.4 Å². The van der Waals surface area contributed by atoms with Crippen LogP contribution < -0.4 is 5.32 Å². The number of nitrogens with one attached hydrogen (secondary N) is 1. The van der Waals surface area contributed by atoms with Crippen LogP contribution in [0.25, 0.3) is 0 Å². The molecule has 7 heteroatoms. The minimum absolute atomic E-state index is 0.220. The average Bonchev–Trinajstić information content (AvgIpc) is 2.48. The lowest BCUT2D eigenvalue weighted by atomic mass is 9.71. The van der Waals surface area contributed by atoms with Gasteiger partial charge in [0, 0.05) is 28.3 Å². The van der Waals surface area contributed by atoms with Crippen molar-refractivity contribution in [1.82, 2.24) is 10.2 Å². The van der Waals surface area contributed by atoms with E-state index < -0.39 is 28.2 Å². The molecule has 21 heavy (non-hydrogen) atoms. The number of carbonyl (C=O) groups excluding carboxylic acids is 3. The van der Waals surface area contributed by atoms with Crippen molar-refractivity contribution in [3.05, 3.63) is 0 Å². The van der Waals surface area contributed by atoms with E-state index in [1.54, 1.807) is 0 Å². The summed E-state index contributed by atoms with van der Waals surface area (Å²) >= 11 is 0. The van der Waals surface area contributed by atoms with Crippen LogP contribution in [0.15, 0.2) is 0 Å². The fourth-order valence-corrected chi connectivity index (χ4v) is 4.94. The van der Waals surface area contributed by atoms with E-state index in [4.69, 9.17) is 0 Å². The lowest BCUT2D eigenvalue weighted by Crippen LogP contribution is -2.67. The Morgan fingerprint density at radius 3 is 2.29 bits per heavy atom. The monoisotopic (exact) mass is 312 g/mol. The van der Waals surface area contributed by atoms with Gasteiger partial charge < -0.3 is 0 Å². The van der Waals surface area contributed by atoms with E-state index in [9.17, 15) is 18.6 Å². The maximum absolute atomic E-state index is 12.9. The van der Waals surface area contributed by atoms with Crippen LogP contribution in [0.1, 0.15) is 44.9 Å². The molecular weight excluding hydrogens is 292 g/mol. The largest absolute Gasteiger partial charge is 0.331 e. The van der Waals surface area contributed by atoms with E-state index in [2.05, 4.69) is 5.32 Å². The normalized spacial score (nSPS) is 33.1. The van der Waals surface area contributed by atoms with Gasteiger partial charge in [0.05, 0.1) is 0 Å². The molecule has 4 amide bonds. The molecule has 6 nitrogen and oxygen atoms in total. The maximum Gasteiger partial charge on any atom is 0.331 e. The molecule has 1 N–H and O–H groups in total. The molecule has 3 aliphatic rings. The molecule has 1 saturated carbocycles. The highest BCUT2D eigenvalue weighted by molar-refractivity contribution is 7.85. The topological polar surface area (TPSA) is 83.6 Å². The number of carbonyl (C=O) groups is 3. The molecule has 0 radical (unpaired) electrons. The van der Waals surface area contributed by atoms with Gasteiger partial charge in [0.2, 0.25) is 11.8 Å². The summed E-state index contributed by atoms with van der Waals surface area (Å²) in [6, 6.07) is -0.819. The molecule has 0 atom stereocenters. The Bertz CT molecular complexity index is 503. The molecule has 0 bridgehead atoms. The first-order valence-electron chi connectivity index (χ1n) is 7.59. The van der Waals surface area contributed by atoms with Crippen LogP contribution in [0, 0.1) is 5.41 Å². The highest BCUT2D eigenvalue weighted by Gasteiger charge is 2.55. The van der Waals surface area contributed by atoms with Crippen LogP contribution in [0.3, 0.4) is 0 Å². The zero-order valence-corrected chi connectivity index (χ0v) is 12.7. The summed E-state index contributed by atoms with van der Waals surface area (Å²) in [5, 5.41) is 2.38. The number of amides is 4. The van der Waals surface area contributed by atoms with Crippen molar-refractivity contribution in [3.63, 3.8) is 0 Å². The van der Waals surface area contributed by atoms with Gasteiger partial charge in [-0.15, -0.1) is 0 Å². The van der Waals surface area contributed by atoms with Crippen molar-refractivity contribution in [2.45, 2.75) is 51.0 Å². The fourth-order valence-electron chi connectivity index (χ4n) is 3.66. The Balaban J connectivity index is 1.86. The van der Waals surface area contributed by atoms with Crippen molar-refractivity contribution in [3.8, 4) is 0 Å². The molecule has 2 aliphatic heterocycles. The summed E-state index contributed by atoms with van der Waals surface area (Å²) in [4.78, 5) is 38.5. The van der Waals surface area contributed by atoms with Crippen molar-refractivity contribution < 1.29 is 18.6 Å². The van der Waals surface area contributed by atoms with Crippen LogP contribution in [0.2, 0.25) is 0 Å². The third kappa shape index (κ3) is 2.41. The first kappa shape index (κ1) is 14.7. The molecule has 1 aliphatic carbocycles. The number of nitrogens with zero attached hydrogens (tertiary/aromatic N) is 1. The van der Waals surface area contributed by atoms with Gasteiger partial charge >= 0.3 is 6.03 Å². The van der Waals surface area contributed by atoms with Gasteiger partial charge in [-0.1, -0.05) is 19.3 Å². The number of barbiturate groups is 1. The lowest BCUT2D eigenvalue weighted by molar-refractivity contribution is -0.155. The predicted octanol–water partition coefficient (Wildman–Crippen LogP) is 0.926. The van der Waals surface area contributed by atoms with Gasteiger partial charge in [-0.3, -0.25) is 24.0 Å². The Morgan fingerprint density at radius 2 is 1.67 bits per heavy atom. The van der Waals surface area contributed by atoms with E-state index in [1.165, 1.54) is 4.90 Å². The summed E-state index contributed by atoms with van der Waals surface area (Å²) in [5.74, 6) is 0.284. The number of rotatable bonds is 1. The predicted molar refractivity (Wildman–Crippen MR) is 76.8 cm³/mol. The smallest absolute Gasteiger partial charge is 0.277 e. The Labute approximate surface area is 126 Å². The lowest BCUT2D eigenvalue weighted by Gasteiger charge is -2.44. The van der Waals surface area contributed by atoms with E-state index in [0.29, 0.717) is 37.2 Å². The highest BCUT2D eigenvalue weighted by atomic mass is 32.2. The molecule has 0 aromatic heterocycles. The molecule has 3 fully saturated rings. The second kappa shape index (κ2) is 5.51. The SMILES string of the molecule is O=C1NC(=O)C2(CCCCC2)C(=O)N1C1CCS(=O)CC1. The highest BCUT2D eigenvalue weighted by Crippen LogP contribution is 2.41. The Kier molecular flexibility index (Phi) is 3.86. The maximum atomic E-state index is 12.9. The second-order valence-corrected chi connectivity index (χ2v) is 7.85. The zero-order chi connectivity index (χ0) is 15.0. The van der Waals surface area contributed by atoms with Crippen LogP contribution in [0.5, 0.6) is 0 Å². The number of imide groups is 2. The molecule has 116 valence electrons. The van der Waals surface area contributed by atoms with Crippen molar-refractivity contribution in [2.75, 3.05) is 11.5 Å². The quantitative estimate of drug-likeness (QED) is 0.730. The summed E-state index contributed by atoms with van der Waals surface area (Å²) in [5.41, 5.74) is -1.04. The fraction of sp³-hybridized carbons (Fsp3) is 0.786. The summed E-state index contributed by atoms with van der Waals surface area (Å²) in [7, 11) is -0.845. The molecule has 0 aromatic carbocycles. The molecular formula is C14H20N2O4S. The Morgan fingerprint density at radius 1 is 1.05 bits per heavy atom. The van der Waals surface area contributed by atoms with Gasteiger partial charge in [-0.25, -0.2) is 4.79 Å². The number of hydrogen-bond acceptors (Lipinski definition) is 4. The van der Waals surface area contributed by atoms with E-state index in [0.717, 1.165) is 19.3 Å². The summed E-state index contributed by atoms with van der Waals surface area (Å²) in [6.07, 6.45) is 4.90. The minimum Gasteiger partial charge on any atom is -0.277 e. The first-order valence-corrected chi connectivity index (χ1v) is 9.07. The molecule has 0 aromatic rings. The molecule has 0 unspecified atom stereocenters. The van der Waals surface area contributed by atoms with Crippen LogP contribution in [0.4, 0.5) is 4.79 Å². The minimum atomic E-state index is -1.04. The van der Waals surface area contributed by atoms with E-state index >= 15 is 0 Å². The molecule has 2 heterocycles. The van der Waals surface area contributed by atoms with Crippen molar-refractivity contribution >= 4 is 28.6 Å². The van der Waals surface area contributed by atoms with E-state index in [-0.39, 0.29) is 11.9 Å². The third-order valence-electron chi connectivity index (χ3n) is 4.93. The van der Waals surface area contributed by atoms with Gasteiger partial charge in [0.15, 0.2) is 0 Å². The zero-order valence-electron chi connectivity index (χ0n) is 11.9. The number of urea groups is 1.